The number of hydrogen-bond donors (Lipinski definition) is 2. The van der Waals surface area contributed by atoms with Crippen LogP contribution < -0.4 is 5.32 Å². The predicted octanol–water partition coefficient (Wildman–Crippen LogP) is 4.96. The van der Waals surface area contributed by atoms with E-state index < -0.39 is 0 Å². The number of nitrogens with zero attached hydrogens (tertiary/aromatic N) is 7. The van der Waals surface area contributed by atoms with Crippen LogP contribution in [-0.2, 0) is 4.79 Å². The first-order valence-corrected chi connectivity index (χ1v) is 14.9. The van der Waals surface area contributed by atoms with Gasteiger partial charge in [0, 0.05) is 53.4 Å². The molecule has 43 heavy (non-hydrogen) atoms. The van der Waals surface area contributed by atoms with Crippen molar-refractivity contribution in [3.63, 3.8) is 0 Å². The van der Waals surface area contributed by atoms with Gasteiger partial charge in [-0.25, -0.2) is 4.98 Å². The molecule has 2 aliphatic heterocycles. The second-order valence-electron chi connectivity index (χ2n) is 11.9. The Bertz CT molecular complexity index is 1810. The molecule has 2 N–H and O–H groups in total. The van der Waals surface area contributed by atoms with Crippen LogP contribution in [-0.4, -0.2) is 63.6 Å². The number of aromatic amines is 1. The molecule has 4 aromatic heterocycles. The number of H-pyrrole nitrogens is 1. The number of rotatable bonds is 6. The average molecular weight is 574 g/mol. The molecule has 216 valence electrons. The lowest BCUT2D eigenvalue weighted by Crippen LogP contribution is -2.46. The monoisotopic (exact) mass is 573 g/mol. The smallest absolute Gasteiger partial charge is 0.292 e. The average Bonchev–Trinajstić information content (AvgIpc) is 3.41. The summed E-state index contributed by atoms with van der Waals surface area (Å²) >= 11 is 0. The van der Waals surface area contributed by atoms with Gasteiger partial charge in [0.25, 0.3) is 5.91 Å². The zero-order chi connectivity index (χ0) is 29.1. The van der Waals surface area contributed by atoms with Gasteiger partial charge in [-0.1, -0.05) is 36.4 Å². The highest BCUT2D eigenvalue weighted by atomic mass is 16.2. The van der Waals surface area contributed by atoms with Crippen molar-refractivity contribution in [2.75, 3.05) is 5.32 Å². The quantitative estimate of drug-likeness (QED) is 0.293. The van der Waals surface area contributed by atoms with Crippen LogP contribution >= 0.6 is 0 Å². The van der Waals surface area contributed by atoms with Crippen molar-refractivity contribution in [3.05, 3.63) is 78.3 Å². The van der Waals surface area contributed by atoms with E-state index in [1.165, 1.54) is 13.3 Å². The molecule has 1 aromatic carbocycles. The van der Waals surface area contributed by atoms with Gasteiger partial charge in [0.1, 0.15) is 12.1 Å². The predicted molar refractivity (Wildman–Crippen MR) is 159 cm³/mol. The summed E-state index contributed by atoms with van der Waals surface area (Å²) in [7, 11) is 0. The lowest BCUT2D eigenvalue weighted by Gasteiger charge is -2.39. The maximum Gasteiger partial charge on any atom is 0.292 e. The van der Waals surface area contributed by atoms with E-state index >= 15 is 0 Å². The second-order valence-corrected chi connectivity index (χ2v) is 11.9. The summed E-state index contributed by atoms with van der Waals surface area (Å²) in [5, 5.41) is 15.6. The lowest BCUT2D eigenvalue weighted by atomic mass is 9.85. The van der Waals surface area contributed by atoms with Gasteiger partial charge in [-0.2, -0.15) is 9.61 Å². The molecule has 3 atom stereocenters. The molecule has 3 aliphatic rings. The van der Waals surface area contributed by atoms with Crippen LogP contribution in [0.4, 0.5) is 5.82 Å². The van der Waals surface area contributed by atoms with E-state index in [-0.39, 0.29) is 35.6 Å². The highest BCUT2D eigenvalue weighted by molar-refractivity contribution is 5.91. The maximum absolute atomic E-state index is 13.3. The van der Waals surface area contributed by atoms with Gasteiger partial charge in [-0.3, -0.25) is 14.6 Å². The van der Waals surface area contributed by atoms with E-state index in [9.17, 15) is 9.59 Å². The fourth-order valence-electron chi connectivity index (χ4n) is 7.10. The number of piperidine rings is 1. The number of carbonyl (C=O) groups is 2. The molecule has 1 aliphatic carbocycles. The summed E-state index contributed by atoms with van der Waals surface area (Å²) < 4.78 is 1.79. The van der Waals surface area contributed by atoms with E-state index in [2.05, 4.69) is 20.5 Å². The number of fused-ring (bicyclic) bond motifs is 3. The van der Waals surface area contributed by atoms with Crippen LogP contribution in [0, 0.1) is 0 Å². The molecular formula is C32H31N9O2. The molecule has 5 aromatic rings. The first kappa shape index (κ1) is 25.8. The van der Waals surface area contributed by atoms with E-state index in [0.717, 1.165) is 72.2 Å². The number of pyridine rings is 1. The van der Waals surface area contributed by atoms with Gasteiger partial charge in [-0.05, 0) is 50.5 Å². The summed E-state index contributed by atoms with van der Waals surface area (Å²) in [6, 6.07) is 14.4. The Balaban J connectivity index is 1.20. The molecule has 2 amide bonds. The molecule has 6 heterocycles. The van der Waals surface area contributed by atoms with Gasteiger partial charge >= 0.3 is 0 Å². The minimum Gasteiger partial charge on any atom is -0.330 e. The lowest BCUT2D eigenvalue weighted by molar-refractivity contribution is -0.114. The minimum atomic E-state index is -0.140. The Morgan fingerprint density at radius 2 is 1.72 bits per heavy atom. The third-order valence-corrected chi connectivity index (χ3v) is 9.11. The summed E-state index contributed by atoms with van der Waals surface area (Å²) in [5.41, 5.74) is 6.54. The number of hydrogen-bond acceptors (Lipinski definition) is 7. The molecule has 0 radical (unpaired) electrons. The van der Waals surface area contributed by atoms with Crippen molar-refractivity contribution in [1.82, 2.24) is 39.7 Å². The largest absolute Gasteiger partial charge is 0.330 e. The normalized spacial score (nSPS) is 21.3. The van der Waals surface area contributed by atoms with Crippen molar-refractivity contribution >= 4 is 23.3 Å². The van der Waals surface area contributed by atoms with Gasteiger partial charge in [-0.15, -0.1) is 10.2 Å². The standard InChI is InChI=1S/C32H31N9O2/c1-18(42)37-31-27(20-7-8-20)28(22-13-23-10-11-24(14-22)40(23)32(43)29-34-17-35-39-29)38-30-25(16-36-41(30)31)21-9-12-26(33-15-21)19-5-3-2-4-6-19/h2-6,9,12,15-17,20,22-24H,7-8,10-11,13-14H2,1H3,(H,37,42)(H,34,35,39)/t22-,23-,24+. The van der Waals surface area contributed by atoms with Crippen LogP contribution in [0.15, 0.2) is 61.2 Å². The first-order valence-electron chi connectivity index (χ1n) is 14.9. The minimum absolute atomic E-state index is 0.0854. The Hall–Kier alpha value is -4.93. The van der Waals surface area contributed by atoms with Crippen LogP contribution in [0.25, 0.3) is 28.0 Å². The number of aromatic nitrogens is 7. The highest BCUT2D eigenvalue weighted by Gasteiger charge is 2.46. The molecular weight excluding hydrogens is 542 g/mol. The number of benzene rings is 1. The molecule has 0 unspecified atom stereocenters. The maximum atomic E-state index is 13.3. The van der Waals surface area contributed by atoms with Crippen LogP contribution in [0.2, 0.25) is 0 Å². The van der Waals surface area contributed by atoms with Crippen molar-refractivity contribution < 1.29 is 9.59 Å². The topological polar surface area (TPSA) is 134 Å². The molecule has 3 fully saturated rings. The fourth-order valence-corrected chi connectivity index (χ4v) is 7.10. The first-order chi connectivity index (χ1) is 21.0. The molecule has 2 saturated heterocycles. The SMILES string of the molecule is CC(=O)Nc1c(C2CC2)c([C@@H]2C[C@H]3CC[C@@H](C2)N3C(=O)c2nnc[nH]2)nc2c(-c3ccc(-c4ccccc4)nc3)cnn12. The van der Waals surface area contributed by atoms with E-state index in [4.69, 9.17) is 15.1 Å². The molecule has 0 spiro atoms. The van der Waals surface area contributed by atoms with Crippen LogP contribution in [0.5, 0.6) is 0 Å². The van der Waals surface area contributed by atoms with Crippen molar-refractivity contribution in [1.29, 1.82) is 0 Å². The molecule has 8 rings (SSSR count). The molecule has 2 bridgehead atoms. The van der Waals surface area contributed by atoms with E-state index in [0.29, 0.717) is 17.4 Å². The Morgan fingerprint density at radius 3 is 2.37 bits per heavy atom. The summed E-state index contributed by atoms with van der Waals surface area (Å²) in [6.45, 7) is 1.53. The number of amides is 2. The summed E-state index contributed by atoms with van der Waals surface area (Å²) in [5.74, 6) is 1.27. The summed E-state index contributed by atoms with van der Waals surface area (Å²) in [6.07, 6.45) is 10.8. The third-order valence-electron chi connectivity index (χ3n) is 9.11. The van der Waals surface area contributed by atoms with Gasteiger partial charge in [0.2, 0.25) is 11.7 Å². The Labute approximate surface area is 247 Å². The van der Waals surface area contributed by atoms with E-state index in [1.54, 1.807) is 4.52 Å². The van der Waals surface area contributed by atoms with Crippen LogP contribution in [0.3, 0.4) is 0 Å². The molecule has 11 heteroatoms. The molecule has 11 nitrogen and oxygen atoms in total. The zero-order valence-corrected chi connectivity index (χ0v) is 23.8. The highest BCUT2D eigenvalue weighted by Crippen LogP contribution is 2.51. The van der Waals surface area contributed by atoms with Crippen molar-refractivity contribution in [2.24, 2.45) is 0 Å². The van der Waals surface area contributed by atoms with Crippen LogP contribution in [0.1, 0.15) is 79.2 Å². The Morgan fingerprint density at radius 1 is 0.930 bits per heavy atom. The van der Waals surface area contributed by atoms with Crippen molar-refractivity contribution in [3.8, 4) is 22.4 Å². The summed E-state index contributed by atoms with van der Waals surface area (Å²) in [4.78, 5) is 40.8. The van der Waals surface area contributed by atoms with Crippen molar-refractivity contribution in [2.45, 2.75) is 69.4 Å². The van der Waals surface area contributed by atoms with Gasteiger partial charge < -0.3 is 15.2 Å². The third kappa shape index (κ3) is 4.46. The number of anilines is 1. The van der Waals surface area contributed by atoms with Gasteiger partial charge in [0.05, 0.1) is 17.6 Å². The van der Waals surface area contributed by atoms with E-state index in [1.807, 2.05) is 59.8 Å². The van der Waals surface area contributed by atoms with Gasteiger partial charge in [0.15, 0.2) is 5.65 Å². The zero-order valence-electron chi connectivity index (χ0n) is 23.8. The Kier molecular flexibility index (Phi) is 6.06. The second kappa shape index (κ2) is 10.1. The number of carbonyl (C=O) groups excluding carboxylic acids is 2. The number of nitrogens with one attached hydrogen (secondary N) is 2. The fraction of sp³-hybridized carbons (Fsp3) is 0.344. The molecule has 1 saturated carbocycles.